The van der Waals surface area contributed by atoms with Crippen molar-refractivity contribution < 1.29 is 23.9 Å². The molecule has 0 N–H and O–H groups in total. The molecule has 1 aromatic rings. The summed E-state index contributed by atoms with van der Waals surface area (Å²) < 4.78 is 10.3. The zero-order valence-corrected chi connectivity index (χ0v) is 12.7. The lowest BCUT2D eigenvalue weighted by molar-refractivity contribution is -0.151. The van der Waals surface area contributed by atoms with Gasteiger partial charge in [-0.25, -0.2) is 4.79 Å². The van der Waals surface area contributed by atoms with Crippen LogP contribution in [0.1, 0.15) is 35.7 Å². The van der Waals surface area contributed by atoms with E-state index in [1.807, 2.05) is 0 Å². The summed E-state index contributed by atoms with van der Waals surface area (Å²) in [6.07, 6.45) is 1.53. The predicted molar refractivity (Wildman–Crippen MR) is 78.6 cm³/mol. The van der Waals surface area contributed by atoms with E-state index in [4.69, 9.17) is 9.47 Å². The molecule has 0 saturated carbocycles. The van der Waals surface area contributed by atoms with E-state index in [0.29, 0.717) is 24.2 Å². The first-order chi connectivity index (χ1) is 10.6. The molecule has 0 aromatic heterocycles. The highest BCUT2D eigenvalue weighted by Gasteiger charge is 2.37. The van der Waals surface area contributed by atoms with Gasteiger partial charge in [0.1, 0.15) is 18.1 Å². The van der Waals surface area contributed by atoms with Gasteiger partial charge in [0, 0.05) is 17.5 Å². The van der Waals surface area contributed by atoms with Crippen LogP contribution in [0.4, 0.5) is 0 Å². The monoisotopic (exact) mass is 305 g/mol. The van der Waals surface area contributed by atoms with Crippen LogP contribution in [0.5, 0.6) is 5.75 Å². The summed E-state index contributed by atoms with van der Waals surface area (Å²) >= 11 is 0. The van der Waals surface area contributed by atoms with Crippen molar-refractivity contribution >= 4 is 18.2 Å². The number of hydrogen-bond donors (Lipinski definition) is 0. The second-order valence-corrected chi connectivity index (χ2v) is 5.02. The van der Waals surface area contributed by atoms with Gasteiger partial charge in [0.2, 0.25) is 5.91 Å². The Hall–Kier alpha value is -2.37. The second-order valence-electron chi connectivity index (χ2n) is 5.02. The van der Waals surface area contributed by atoms with Crippen LogP contribution in [0, 0.1) is 0 Å². The molecular weight excluding hydrogens is 286 g/mol. The largest absolute Gasteiger partial charge is 0.496 e. The van der Waals surface area contributed by atoms with E-state index >= 15 is 0 Å². The number of aldehydes is 1. The van der Waals surface area contributed by atoms with Gasteiger partial charge < -0.3 is 14.4 Å². The van der Waals surface area contributed by atoms with Gasteiger partial charge >= 0.3 is 5.97 Å². The topological polar surface area (TPSA) is 72.9 Å². The van der Waals surface area contributed by atoms with Crippen LogP contribution in [-0.4, -0.2) is 42.8 Å². The SMILES string of the molecule is CCOC(=O)[C@@H]1CCC(=O)N1Cc1ccc(C=O)cc1OC. The minimum atomic E-state index is -0.553. The number of benzene rings is 1. The summed E-state index contributed by atoms with van der Waals surface area (Å²) in [5, 5.41) is 0. The van der Waals surface area contributed by atoms with Crippen LogP contribution < -0.4 is 4.74 Å². The number of nitrogens with zero attached hydrogens (tertiary/aromatic N) is 1. The molecule has 0 aliphatic carbocycles. The van der Waals surface area contributed by atoms with Crippen molar-refractivity contribution in [2.45, 2.75) is 32.4 Å². The Morgan fingerprint density at radius 2 is 2.23 bits per heavy atom. The number of likely N-dealkylation sites (tertiary alicyclic amines) is 1. The number of rotatable bonds is 6. The summed E-state index contributed by atoms with van der Waals surface area (Å²) in [5.41, 5.74) is 1.24. The molecule has 1 saturated heterocycles. The van der Waals surface area contributed by atoms with Gasteiger partial charge in [-0.15, -0.1) is 0 Å². The molecule has 1 aliphatic heterocycles. The number of methoxy groups -OCH3 is 1. The van der Waals surface area contributed by atoms with Crippen molar-refractivity contribution in [3.8, 4) is 5.75 Å². The molecule has 0 bridgehead atoms. The molecule has 6 nitrogen and oxygen atoms in total. The number of amides is 1. The van der Waals surface area contributed by atoms with E-state index in [1.54, 1.807) is 25.1 Å². The fraction of sp³-hybridized carbons (Fsp3) is 0.438. The zero-order valence-electron chi connectivity index (χ0n) is 12.7. The lowest BCUT2D eigenvalue weighted by atomic mass is 10.1. The number of esters is 1. The molecule has 1 heterocycles. The first-order valence-corrected chi connectivity index (χ1v) is 7.19. The molecule has 1 amide bonds. The normalized spacial score (nSPS) is 17.5. The maximum absolute atomic E-state index is 12.0. The molecule has 6 heteroatoms. The molecular formula is C16H19NO5. The van der Waals surface area contributed by atoms with Crippen LogP contribution >= 0.6 is 0 Å². The summed E-state index contributed by atoms with van der Waals surface area (Å²) in [7, 11) is 1.50. The van der Waals surface area contributed by atoms with Gasteiger partial charge in [-0.3, -0.25) is 9.59 Å². The van der Waals surface area contributed by atoms with Crippen molar-refractivity contribution in [3.05, 3.63) is 29.3 Å². The Balaban J connectivity index is 2.22. The van der Waals surface area contributed by atoms with Crippen molar-refractivity contribution in [2.75, 3.05) is 13.7 Å². The highest BCUT2D eigenvalue weighted by molar-refractivity contribution is 5.88. The van der Waals surface area contributed by atoms with Gasteiger partial charge in [0.05, 0.1) is 20.3 Å². The number of carbonyl (C=O) groups is 3. The lowest BCUT2D eigenvalue weighted by Gasteiger charge is -2.24. The summed E-state index contributed by atoms with van der Waals surface area (Å²) in [5.74, 6) is 0.0586. The quantitative estimate of drug-likeness (QED) is 0.589. The fourth-order valence-corrected chi connectivity index (χ4v) is 2.56. The van der Waals surface area contributed by atoms with E-state index in [0.717, 1.165) is 11.8 Å². The predicted octanol–water partition coefficient (Wildman–Crippen LogP) is 1.56. The second kappa shape index (κ2) is 7.06. The van der Waals surface area contributed by atoms with Crippen LogP contribution in [0.15, 0.2) is 18.2 Å². The molecule has 1 aliphatic rings. The van der Waals surface area contributed by atoms with E-state index in [1.165, 1.54) is 12.0 Å². The molecule has 0 spiro atoms. The van der Waals surface area contributed by atoms with Crippen LogP contribution in [0.3, 0.4) is 0 Å². The Morgan fingerprint density at radius 1 is 1.45 bits per heavy atom. The van der Waals surface area contributed by atoms with Gasteiger partial charge in [0.25, 0.3) is 0 Å². The molecule has 1 aromatic carbocycles. The van der Waals surface area contributed by atoms with Gasteiger partial charge in [-0.1, -0.05) is 12.1 Å². The van der Waals surface area contributed by atoms with Crippen LogP contribution in [-0.2, 0) is 20.9 Å². The fourth-order valence-electron chi connectivity index (χ4n) is 2.56. The van der Waals surface area contributed by atoms with Crippen molar-refractivity contribution in [3.63, 3.8) is 0 Å². The zero-order chi connectivity index (χ0) is 16.1. The Kier molecular flexibility index (Phi) is 5.14. The van der Waals surface area contributed by atoms with Crippen LogP contribution in [0.25, 0.3) is 0 Å². The maximum Gasteiger partial charge on any atom is 0.328 e. The minimum absolute atomic E-state index is 0.0837. The number of carbonyl (C=O) groups excluding carboxylic acids is 3. The molecule has 22 heavy (non-hydrogen) atoms. The summed E-state index contributed by atoms with van der Waals surface area (Å²) in [6.45, 7) is 2.28. The number of hydrogen-bond acceptors (Lipinski definition) is 5. The molecule has 0 unspecified atom stereocenters. The standard InChI is InChI=1S/C16H19NO5/c1-3-22-16(20)13-6-7-15(19)17(13)9-12-5-4-11(10-18)8-14(12)21-2/h4-5,8,10,13H,3,6-7,9H2,1-2H3/t13-/m0/s1. The molecule has 118 valence electrons. The average Bonchev–Trinajstić information content (AvgIpc) is 2.89. The first-order valence-electron chi connectivity index (χ1n) is 7.19. The lowest BCUT2D eigenvalue weighted by Crippen LogP contribution is -2.39. The summed E-state index contributed by atoms with van der Waals surface area (Å²) in [6, 6.07) is 4.45. The first kappa shape index (κ1) is 16.0. The van der Waals surface area contributed by atoms with Crippen molar-refractivity contribution in [1.82, 2.24) is 4.90 Å². The van der Waals surface area contributed by atoms with E-state index in [-0.39, 0.29) is 25.0 Å². The Bertz CT molecular complexity index is 584. The molecule has 1 fully saturated rings. The highest BCUT2D eigenvalue weighted by Crippen LogP contribution is 2.27. The Labute approximate surface area is 129 Å². The van der Waals surface area contributed by atoms with Gasteiger partial charge in [-0.2, -0.15) is 0 Å². The summed E-state index contributed by atoms with van der Waals surface area (Å²) in [4.78, 5) is 36.3. The Morgan fingerprint density at radius 3 is 2.86 bits per heavy atom. The smallest absolute Gasteiger partial charge is 0.328 e. The minimum Gasteiger partial charge on any atom is -0.496 e. The molecule has 2 rings (SSSR count). The van der Waals surface area contributed by atoms with Crippen molar-refractivity contribution in [1.29, 1.82) is 0 Å². The van der Waals surface area contributed by atoms with E-state index in [9.17, 15) is 14.4 Å². The van der Waals surface area contributed by atoms with E-state index in [2.05, 4.69) is 0 Å². The van der Waals surface area contributed by atoms with Gasteiger partial charge in [-0.05, 0) is 19.4 Å². The highest BCUT2D eigenvalue weighted by atomic mass is 16.5. The molecule has 1 atom stereocenters. The third-order valence-electron chi connectivity index (χ3n) is 3.67. The van der Waals surface area contributed by atoms with Crippen LogP contribution in [0.2, 0.25) is 0 Å². The maximum atomic E-state index is 12.0. The molecule has 0 radical (unpaired) electrons. The van der Waals surface area contributed by atoms with E-state index < -0.39 is 6.04 Å². The van der Waals surface area contributed by atoms with Gasteiger partial charge in [0.15, 0.2) is 0 Å². The third-order valence-corrected chi connectivity index (χ3v) is 3.67. The average molecular weight is 305 g/mol. The third kappa shape index (κ3) is 3.27. The number of ether oxygens (including phenoxy) is 2. The van der Waals surface area contributed by atoms with Crippen molar-refractivity contribution in [2.24, 2.45) is 0 Å².